The summed E-state index contributed by atoms with van der Waals surface area (Å²) in [6.45, 7) is 3.67. The Balaban J connectivity index is 2.91. The van der Waals surface area contributed by atoms with E-state index in [2.05, 4.69) is 18.7 Å². The van der Waals surface area contributed by atoms with Crippen LogP contribution in [0.1, 0.15) is 25.7 Å². The molecule has 0 aliphatic heterocycles. The molecule has 0 aromatic rings. The van der Waals surface area contributed by atoms with Gasteiger partial charge in [-0.15, -0.1) is 6.58 Å². The van der Waals surface area contributed by atoms with Crippen LogP contribution in [-0.2, 0) is 0 Å². The van der Waals surface area contributed by atoms with Crippen molar-refractivity contribution in [1.82, 2.24) is 0 Å². The predicted molar refractivity (Wildman–Crippen MR) is 45.8 cm³/mol. The third-order valence-electron chi connectivity index (χ3n) is 2.65. The zero-order chi connectivity index (χ0) is 9.03. The molecule has 12 heavy (non-hydrogen) atoms. The number of nitrogens with zero attached hydrogens (tertiary/aromatic N) is 2. The summed E-state index contributed by atoms with van der Waals surface area (Å²) >= 11 is 0. The van der Waals surface area contributed by atoms with Gasteiger partial charge in [-0.2, -0.15) is 10.5 Å². The fraction of sp³-hybridized carbons (Fsp3) is 0.600. The fourth-order valence-electron chi connectivity index (χ4n) is 1.82. The first-order chi connectivity index (χ1) is 5.79. The van der Waals surface area contributed by atoms with Crippen LogP contribution in [0, 0.1) is 34.0 Å². The second-order valence-corrected chi connectivity index (χ2v) is 3.28. The molecular formula is C10H12N2. The molecule has 1 unspecified atom stereocenters. The van der Waals surface area contributed by atoms with Crippen LogP contribution < -0.4 is 0 Å². The van der Waals surface area contributed by atoms with Crippen LogP contribution in [0.15, 0.2) is 12.7 Å². The molecule has 0 saturated heterocycles. The first kappa shape index (κ1) is 8.81. The molecule has 2 nitrogen and oxygen atoms in total. The maximum atomic E-state index is 8.92. The van der Waals surface area contributed by atoms with Crippen LogP contribution in [0.3, 0.4) is 0 Å². The normalized spacial score (nSPS) is 26.7. The molecular weight excluding hydrogens is 148 g/mol. The molecule has 0 N–H and O–H groups in total. The average Bonchev–Trinajstić information content (AvgIpc) is 2.17. The van der Waals surface area contributed by atoms with Crippen molar-refractivity contribution in [3.8, 4) is 12.1 Å². The number of allylic oxidation sites excluding steroid dienone is 1. The van der Waals surface area contributed by atoms with Crippen molar-refractivity contribution in [2.75, 3.05) is 0 Å². The summed E-state index contributed by atoms with van der Waals surface area (Å²) in [4.78, 5) is 0. The standard InChI is InChI=1S/C10H12N2/c1-2-9-5-3-4-6-10(9,7-11)8-12/h2,9H,1,3-6H2. The van der Waals surface area contributed by atoms with E-state index in [0.717, 1.165) is 19.3 Å². The molecule has 1 aliphatic carbocycles. The molecule has 1 fully saturated rings. The summed E-state index contributed by atoms with van der Waals surface area (Å²) in [5, 5.41) is 17.8. The van der Waals surface area contributed by atoms with E-state index in [-0.39, 0.29) is 5.92 Å². The maximum Gasteiger partial charge on any atom is 0.150 e. The van der Waals surface area contributed by atoms with Crippen LogP contribution >= 0.6 is 0 Å². The van der Waals surface area contributed by atoms with E-state index in [1.807, 2.05) is 0 Å². The minimum Gasteiger partial charge on any atom is -0.197 e. The lowest BCUT2D eigenvalue weighted by molar-refractivity contribution is 0.269. The molecule has 0 heterocycles. The van der Waals surface area contributed by atoms with Crippen molar-refractivity contribution in [2.45, 2.75) is 25.7 Å². The van der Waals surface area contributed by atoms with Gasteiger partial charge in [0, 0.05) is 5.92 Å². The Morgan fingerprint density at radius 3 is 2.42 bits per heavy atom. The lowest BCUT2D eigenvalue weighted by Gasteiger charge is -2.30. The molecule has 0 spiro atoms. The first-order valence-corrected chi connectivity index (χ1v) is 4.24. The summed E-state index contributed by atoms with van der Waals surface area (Å²) in [5.74, 6) is 0.0706. The summed E-state index contributed by atoms with van der Waals surface area (Å²) < 4.78 is 0. The Labute approximate surface area is 73.1 Å². The van der Waals surface area contributed by atoms with Crippen LogP contribution in [0.2, 0.25) is 0 Å². The highest BCUT2D eigenvalue weighted by atomic mass is 14.5. The van der Waals surface area contributed by atoms with Gasteiger partial charge in [0.05, 0.1) is 12.1 Å². The molecule has 0 amide bonds. The van der Waals surface area contributed by atoms with E-state index >= 15 is 0 Å². The fourth-order valence-corrected chi connectivity index (χ4v) is 1.82. The van der Waals surface area contributed by atoms with Gasteiger partial charge < -0.3 is 0 Å². The first-order valence-electron chi connectivity index (χ1n) is 4.24. The number of hydrogen-bond donors (Lipinski definition) is 0. The summed E-state index contributed by atoms with van der Waals surface area (Å²) in [5.41, 5.74) is -0.778. The van der Waals surface area contributed by atoms with Crippen molar-refractivity contribution in [3.63, 3.8) is 0 Å². The molecule has 2 heteroatoms. The van der Waals surface area contributed by atoms with E-state index in [1.54, 1.807) is 6.08 Å². The third-order valence-corrected chi connectivity index (χ3v) is 2.65. The lowest BCUT2D eigenvalue weighted by Crippen LogP contribution is -2.29. The van der Waals surface area contributed by atoms with Crippen LogP contribution in [0.5, 0.6) is 0 Å². The van der Waals surface area contributed by atoms with Gasteiger partial charge in [-0.3, -0.25) is 0 Å². The molecule has 1 rings (SSSR count). The van der Waals surface area contributed by atoms with Crippen molar-refractivity contribution in [1.29, 1.82) is 10.5 Å². The minimum absolute atomic E-state index is 0.0706. The van der Waals surface area contributed by atoms with E-state index in [1.165, 1.54) is 0 Å². The molecule has 0 bridgehead atoms. The summed E-state index contributed by atoms with van der Waals surface area (Å²) in [6.07, 6.45) is 5.50. The van der Waals surface area contributed by atoms with E-state index in [4.69, 9.17) is 10.5 Å². The van der Waals surface area contributed by atoms with E-state index in [0.29, 0.717) is 6.42 Å². The average molecular weight is 160 g/mol. The Kier molecular flexibility index (Phi) is 2.51. The van der Waals surface area contributed by atoms with E-state index in [9.17, 15) is 0 Å². The van der Waals surface area contributed by atoms with Gasteiger partial charge in [0.25, 0.3) is 0 Å². The van der Waals surface area contributed by atoms with Crippen molar-refractivity contribution >= 4 is 0 Å². The van der Waals surface area contributed by atoms with Crippen LogP contribution in [0.4, 0.5) is 0 Å². The van der Waals surface area contributed by atoms with Gasteiger partial charge in [0.2, 0.25) is 0 Å². The second kappa shape index (κ2) is 3.41. The Morgan fingerprint density at radius 2 is 2.00 bits per heavy atom. The number of hydrogen-bond acceptors (Lipinski definition) is 2. The van der Waals surface area contributed by atoms with Gasteiger partial charge in [-0.1, -0.05) is 18.9 Å². The lowest BCUT2D eigenvalue weighted by atomic mass is 9.68. The zero-order valence-corrected chi connectivity index (χ0v) is 7.08. The molecule has 62 valence electrons. The number of rotatable bonds is 1. The monoisotopic (exact) mass is 160 g/mol. The molecule has 1 atom stereocenters. The third kappa shape index (κ3) is 1.21. The zero-order valence-electron chi connectivity index (χ0n) is 7.08. The van der Waals surface area contributed by atoms with Crippen molar-refractivity contribution in [2.24, 2.45) is 11.3 Å². The van der Waals surface area contributed by atoms with Gasteiger partial charge in [-0.25, -0.2) is 0 Å². The Morgan fingerprint density at radius 1 is 1.33 bits per heavy atom. The smallest absolute Gasteiger partial charge is 0.150 e. The van der Waals surface area contributed by atoms with Crippen molar-refractivity contribution in [3.05, 3.63) is 12.7 Å². The largest absolute Gasteiger partial charge is 0.197 e. The number of nitriles is 2. The minimum atomic E-state index is -0.778. The summed E-state index contributed by atoms with van der Waals surface area (Å²) in [6, 6.07) is 4.27. The molecule has 1 aliphatic rings. The quantitative estimate of drug-likeness (QED) is 0.553. The predicted octanol–water partition coefficient (Wildman–Crippen LogP) is 2.40. The van der Waals surface area contributed by atoms with Crippen LogP contribution in [-0.4, -0.2) is 0 Å². The van der Waals surface area contributed by atoms with E-state index < -0.39 is 5.41 Å². The van der Waals surface area contributed by atoms with Crippen LogP contribution in [0.25, 0.3) is 0 Å². The van der Waals surface area contributed by atoms with Gasteiger partial charge in [0.15, 0.2) is 0 Å². The van der Waals surface area contributed by atoms with Gasteiger partial charge >= 0.3 is 0 Å². The highest BCUT2D eigenvalue weighted by Crippen LogP contribution is 2.40. The maximum absolute atomic E-state index is 8.92. The summed E-state index contributed by atoms with van der Waals surface area (Å²) in [7, 11) is 0. The molecule has 0 radical (unpaired) electrons. The Hall–Kier alpha value is -1.28. The van der Waals surface area contributed by atoms with Gasteiger partial charge in [-0.05, 0) is 12.8 Å². The Bertz CT molecular complexity index is 240. The van der Waals surface area contributed by atoms with Gasteiger partial charge in [0.1, 0.15) is 5.41 Å². The SMILES string of the molecule is C=CC1CCCCC1(C#N)C#N. The topological polar surface area (TPSA) is 47.6 Å². The molecule has 0 aromatic carbocycles. The highest BCUT2D eigenvalue weighted by molar-refractivity contribution is 5.20. The molecule has 1 saturated carbocycles. The highest BCUT2D eigenvalue weighted by Gasteiger charge is 2.39. The molecule has 0 aromatic heterocycles. The van der Waals surface area contributed by atoms with Crippen molar-refractivity contribution < 1.29 is 0 Å². The second-order valence-electron chi connectivity index (χ2n) is 3.28.